The average molecular weight is 371 g/mol. The number of piperidine rings is 1. The summed E-state index contributed by atoms with van der Waals surface area (Å²) >= 11 is 0. The maximum absolute atomic E-state index is 13.1. The number of likely N-dealkylation sites (tertiary alicyclic amines) is 1. The predicted octanol–water partition coefficient (Wildman–Crippen LogP) is 2.15. The zero-order valence-electron chi connectivity index (χ0n) is 14.9. The molecule has 0 unspecified atom stereocenters. The second-order valence-corrected chi connectivity index (χ2v) is 6.48. The van der Waals surface area contributed by atoms with Crippen molar-refractivity contribution in [2.45, 2.75) is 19.4 Å². The van der Waals surface area contributed by atoms with Crippen molar-refractivity contribution in [2.24, 2.45) is 5.92 Å². The van der Waals surface area contributed by atoms with Gasteiger partial charge in [0.2, 0.25) is 5.91 Å². The minimum absolute atomic E-state index is 0.00182. The minimum atomic E-state index is -0.405. The summed E-state index contributed by atoms with van der Waals surface area (Å²) in [6.07, 6.45) is 4.64. The van der Waals surface area contributed by atoms with Crippen molar-refractivity contribution < 1.29 is 18.7 Å². The number of aromatic nitrogens is 1. The molecule has 1 fully saturated rings. The molecule has 1 N–H and O–H groups in total. The average Bonchev–Trinajstić information content (AvgIpc) is 2.71. The first kappa shape index (κ1) is 18.8. The summed E-state index contributed by atoms with van der Waals surface area (Å²) < 4.78 is 18.5. The summed E-state index contributed by atoms with van der Waals surface area (Å²) in [5.41, 5.74) is 0.952. The van der Waals surface area contributed by atoms with E-state index >= 15 is 0 Å². The SMILES string of the molecule is O=C(NCc1cccnc1)C1CCN(C(=O)COc2cccc(F)c2)CC1. The van der Waals surface area contributed by atoms with Gasteiger partial charge in [0.15, 0.2) is 6.61 Å². The Bertz CT molecular complexity index is 777. The van der Waals surface area contributed by atoms with E-state index in [9.17, 15) is 14.0 Å². The standard InChI is InChI=1S/C20H22FN3O3/c21-17-4-1-5-18(11-17)27-14-19(25)24-9-6-16(7-10-24)20(26)23-13-15-3-2-8-22-12-15/h1-5,8,11-12,16H,6-7,9-10,13-14H2,(H,23,26). The van der Waals surface area contributed by atoms with E-state index in [4.69, 9.17) is 4.74 Å². The van der Waals surface area contributed by atoms with Crippen LogP contribution in [0.1, 0.15) is 18.4 Å². The zero-order valence-corrected chi connectivity index (χ0v) is 14.9. The van der Waals surface area contributed by atoms with Crippen molar-refractivity contribution in [3.8, 4) is 5.75 Å². The molecular formula is C20H22FN3O3. The van der Waals surface area contributed by atoms with Crippen molar-refractivity contribution in [3.63, 3.8) is 0 Å². The van der Waals surface area contributed by atoms with E-state index in [1.807, 2.05) is 12.1 Å². The van der Waals surface area contributed by atoms with Gasteiger partial charge in [-0.25, -0.2) is 4.39 Å². The van der Waals surface area contributed by atoms with Crippen molar-refractivity contribution in [1.82, 2.24) is 15.2 Å². The molecule has 1 saturated heterocycles. The normalized spacial score (nSPS) is 14.6. The minimum Gasteiger partial charge on any atom is -0.484 e. The largest absolute Gasteiger partial charge is 0.484 e. The van der Waals surface area contributed by atoms with Crippen LogP contribution in [0.5, 0.6) is 5.75 Å². The molecule has 27 heavy (non-hydrogen) atoms. The van der Waals surface area contributed by atoms with Gasteiger partial charge in [0, 0.05) is 44.0 Å². The van der Waals surface area contributed by atoms with Crippen LogP contribution in [0.3, 0.4) is 0 Å². The van der Waals surface area contributed by atoms with Crippen LogP contribution < -0.4 is 10.1 Å². The third-order valence-corrected chi connectivity index (χ3v) is 4.57. The number of nitrogens with one attached hydrogen (secondary N) is 1. The van der Waals surface area contributed by atoms with Crippen LogP contribution in [-0.4, -0.2) is 41.4 Å². The Kier molecular flexibility index (Phi) is 6.35. The fourth-order valence-electron chi connectivity index (χ4n) is 3.02. The van der Waals surface area contributed by atoms with Crippen LogP contribution in [0.15, 0.2) is 48.8 Å². The van der Waals surface area contributed by atoms with Gasteiger partial charge in [-0.15, -0.1) is 0 Å². The molecule has 0 aliphatic carbocycles. The Balaban J connectivity index is 1.40. The van der Waals surface area contributed by atoms with Gasteiger partial charge in [-0.3, -0.25) is 14.6 Å². The molecule has 2 heterocycles. The number of amides is 2. The molecule has 1 aromatic heterocycles. The van der Waals surface area contributed by atoms with Gasteiger partial charge >= 0.3 is 0 Å². The number of nitrogens with zero attached hydrogens (tertiary/aromatic N) is 2. The van der Waals surface area contributed by atoms with E-state index in [2.05, 4.69) is 10.3 Å². The van der Waals surface area contributed by atoms with Gasteiger partial charge in [0.05, 0.1) is 0 Å². The van der Waals surface area contributed by atoms with Gasteiger partial charge in [-0.05, 0) is 36.6 Å². The quantitative estimate of drug-likeness (QED) is 0.845. The van der Waals surface area contributed by atoms with Crippen LogP contribution in [0.25, 0.3) is 0 Å². The molecule has 2 aromatic rings. The molecule has 0 atom stereocenters. The van der Waals surface area contributed by atoms with Crippen molar-refractivity contribution in [2.75, 3.05) is 19.7 Å². The molecule has 1 aromatic carbocycles. The number of hydrogen-bond acceptors (Lipinski definition) is 4. The highest BCUT2D eigenvalue weighted by atomic mass is 19.1. The van der Waals surface area contributed by atoms with Gasteiger partial charge in [-0.2, -0.15) is 0 Å². The van der Waals surface area contributed by atoms with Crippen LogP contribution in [0.4, 0.5) is 4.39 Å². The fraction of sp³-hybridized carbons (Fsp3) is 0.350. The summed E-state index contributed by atoms with van der Waals surface area (Å²) in [7, 11) is 0. The third-order valence-electron chi connectivity index (χ3n) is 4.57. The molecule has 0 radical (unpaired) electrons. The Labute approximate surface area is 157 Å². The number of carbonyl (C=O) groups excluding carboxylic acids is 2. The first-order valence-electron chi connectivity index (χ1n) is 8.94. The molecular weight excluding hydrogens is 349 g/mol. The second kappa shape index (κ2) is 9.12. The molecule has 2 amide bonds. The summed E-state index contributed by atoms with van der Waals surface area (Å²) in [5.74, 6) is -0.337. The lowest BCUT2D eigenvalue weighted by molar-refractivity contribution is -0.137. The van der Waals surface area contributed by atoms with E-state index < -0.39 is 5.82 Å². The summed E-state index contributed by atoms with van der Waals surface area (Å²) in [4.78, 5) is 30.2. The van der Waals surface area contributed by atoms with Crippen molar-refractivity contribution in [1.29, 1.82) is 0 Å². The Morgan fingerprint density at radius 3 is 2.74 bits per heavy atom. The van der Waals surface area contributed by atoms with Crippen LogP contribution in [0.2, 0.25) is 0 Å². The maximum atomic E-state index is 13.1. The first-order valence-corrected chi connectivity index (χ1v) is 8.94. The van der Waals surface area contributed by atoms with E-state index in [1.54, 1.807) is 23.4 Å². The monoisotopic (exact) mass is 371 g/mol. The Morgan fingerprint density at radius 1 is 1.22 bits per heavy atom. The van der Waals surface area contributed by atoms with Gasteiger partial charge in [-0.1, -0.05) is 12.1 Å². The highest BCUT2D eigenvalue weighted by Crippen LogP contribution is 2.18. The number of ether oxygens (including phenoxy) is 1. The molecule has 0 saturated carbocycles. The summed E-state index contributed by atoms with van der Waals surface area (Å²) in [6, 6.07) is 9.44. The third kappa shape index (κ3) is 5.51. The van der Waals surface area contributed by atoms with E-state index in [1.165, 1.54) is 18.2 Å². The van der Waals surface area contributed by atoms with Crippen molar-refractivity contribution in [3.05, 3.63) is 60.2 Å². The number of rotatable bonds is 6. The second-order valence-electron chi connectivity index (χ2n) is 6.48. The lowest BCUT2D eigenvalue weighted by Crippen LogP contribution is -2.44. The smallest absolute Gasteiger partial charge is 0.260 e. The topological polar surface area (TPSA) is 71.5 Å². The Morgan fingerprint density at radius 2 is 2.04 bits per heavy atom. The van der Waals surface area contributed by atoms with E-state index in [-0.39, 0.29) is 24.3 Å². The van der Waals surface area contributed by atoms with Gasteiger partial charge < -0.3 is 15.0 Å². The molecule has 142 valence electrons. The number of carbonyl (C=O) groups is 2. The highest BCUT2D eigenvalue weighted by molar-refractivity contribution is 5.80. The number of halogens is 1. The van der Waals surface area contributed by atoms with Crippen LogP contribution in [0, 0.1) is 11.7 Å². The number of hydrogen-bond donors (Lipinski definition) is 1. The van der Waals surface area contributed by atoms with E-state index in [0.717, 1.165) is 5.56 Å². The first-order chi connectivity index (χ1) is 13.1. The lowest BCUT2D eigenvalue weighted by Gasteiger charge is -2.31. The molecule has 1 aliphatic rings. The molecule has 0 spiro atoms. The number of pyridine rings is 1. The predicted molar refractivity (Wildman–Crippen MR) is 97.3 cm³/mol. The molecule has 0 bridgehead atoms. The van der Waals surface area contributed by atoms with Gasteiger partial charge in [0.25, 0.3) is 5.91 Å². The molecule has 6 nitrogen and oxygen atoms in total. The zero-order chi connectivity index (χ0) is 19.1. The fourth-order valence-corrected chi connectivity index (χ4v) is 3.02. The van der Waals surface area contributed by atoms with Gasteiger partial charge in [0.1, 0.15) is 11.6 Å². The molecule has 1 aliphatic heterocycles. The van der Waals surface area contributed by atoms with Crippen LogP contribution in [-0.2, 0) is 16.1 Å². The Hall–Kier alpha value is -2.96. The van der Waals surface area contributed by atoms with Crippen molar-refractivity contribution >= 4 is 11.8 Å². The number of benzene rings is 1. The highest BCUT2D eigenvalue weighted by Gasteiger charge is 2.27. The lowest BCUT2D eigenvalue weighted by atomic mass is 9.96. The summed E-state index contributed by atoms with van der Waals surface area (Å²) in [5, 5.41) is 2.92. The molecule has 3 rings (SSSR count). The van der Waals surface area contributed by atoms with E-state index in [0.29, 0.717) is 38.2 Å². The maximum Gasteiger partial charge on any atom is 0.260 e. The summed E-state index contributed by atoms with van der Waals surface area (Å²) in [6.45, 7) is 1.33. The molecule has 7 heteroatoms. The van der Waals surface area contributed by atoms with Crippen LogP contribution >= 0.6 is 0 Å².